The molecule has 1 heterocycles. The minimum atomic E-state index is -0.566. The summed E-state index contributed by atoms with van der Waals surface area (Å²) in [6.45, 7) is 0. The minimum absolute atomic E-state index is 0.0199. The number of pyridine rings is 1. The molecule has 0 fully saturated rings. The number of halogens is 1. The van der Waals surface area contributed by atoms with Crippen molar-refractivity contribution in [2.24, 2.45) is 0 Å². The number of nitrogen functional groups attached to an aromatic ring is 1. The average Bonchev–Trinajstić information content (AvgIpc) is 2.40. The maximum Gasteiger partial charge on any atom is 0.276 e. The van der Waals surface area contributed by atoms with Crippen molar-refractivity contribution in [2.45, 2.75) is 0 Å². The van der Waals surface area contributed by atoms with Crippen molar-refractivity contribution in [2.75, 3.05) is 11.1 Å². The molecule has 0 amide bonds. The summed E-state index contributed by atoms with van der Waals surface area (Å²) < 4.78 is 0. The molecule has 2 rings (SSSR count). The Hall–Kier alpha value is -2.85. The Bertz CT molecular complexity index is 726. The number of nitrogens with two attached hydrogens (primary N) is 1. The molecular formula is C12H8ClN5O2. The molecule has 0 saturated carbocycles. The first kappa shape index (κ1) is 13.6. The normalized spacial score (nSPS) is 9.80. The number of nitriles is 1. The van der Waals surface area contributed by atoms with Gasteiger partial charge in [0.15, 0.2) is 0 Å². The van der Waals surface area contributed by atoms with Gasteiger partial charge in [-0.1, -0.05) is 11.6 Å². The predicted octanol–water partition coefficient (Wildman–Crippen LogP) is 2.84. The minimum Gasteiger partial charge on any atom is -0.383 e. The molecule has 3 N–H and O–H groups in total. The number of nitro groups is 1. The van der Waals surface area contributed by atoms with Gasteiger partial charge in [-0.2, -0.15) is 5.26 Å². The standard InChI is InChI=1S/C12H8ClN5O2/c13-9-3-7(6-14)1-2-10(9)16-12-5-8(18(19)20)4-11(15)17-12/h1-5H,(H3,15,16,17). The lowest BCUT2D eigenvalue weighted by Crippen LogP contribution is -2.00. The smallest absolute Gasteiger partial charge is 0.276 e. The summed E-state index contributed by atoms with van der Waals surface area (Å²) in [5, 5.41) is 22.6. The van der Waals surface area contributed by atoms with Gasteiger partial charge in [0.2, 0.25) is 0 Å². The van der Waals surface area contributed by atoms with Gasteiger partial charge in [-0.25, -0.2) is 4.98 Å². The average molecular weight is 290 g/mol. The number of anilines is 3. The topological polar surface area (TPSA) is 118 Å². The van der Waals surface area contributed by atoms with Crippen molar-refractivity contribution < 1.29 is 4.92 Å². The Morgan fingerprint density at radius 2 is 2.15 bits per heavy atom. The lowest BCUT2D eigenvalue weighted by Gasteiger charge is -2.08. The summed E-state index contributed by atoms with van der Waals surface area (Å²) in [6.07, 6.45) is 0. The van der Waals surface area contributed by atoms with Gasteiger partial charge < -0.3 is 11.1 Å². The van der Waals surface area contributed by atoms with E-state index in [9.17, 15) is 10.1 Å². The maximum atomic E-state index is 10.7. The first-order valence-corrected chi connectivity index (χ1v) is 5.76. The van der Waals surface area contributed by atoms with Crippen LogP contribution in [0.5, 0.6) is 0 Å². The second-order valence-electron chi connectivity index (χ2n) is 3.82. The molecule has 0 saturated heterocycles. The fourth-order valence-corrected chi connectivity index (χ4v) is 1.76. The molecule has 0 aliphatic rings. The molecule has 0 spiro atoms. The van der Waals surface area contributed by atoms with Gasteiger partial charge in [-0.15, -0.1) is 0 Å². The number of hydrogen-bond donors (Lipinski definition) is 2. The van der Waals surface area contributed by atoms with Crippen molar-refractivity contribution in [3.63, 3.8) is 0 Å². The first-order valence-electron chi connectivity index (χ1n) is 5.38. The second kappa shape index (κ2) is 5.42. The van der Waals surface area contributed by atoms with E-state index in [1.165, 1.54) is 12.1 Å². The van der Waals surface area contributed by atoms with Crippen LogP contribution in [0.25, 0.3) is 0 Å². The number of rotatable bonds is 3. The van der Waals surface area contributed by atoms with Crippen LogP contribution in [0.15, 0.2) is 30.3 Å². The molecule has 7 nitrogen and oxygen atoms in total. The van der Waals surface area contributed by atoms with E-state index in [1.807, 2.05) is 6.07 Å². The summed E-state index contributed by atoms with van der Waals surface area (Å²) in [5.74, 6) is 0.217. The Labute approximate surface area is 118 Å². The lowest BCUT2D eigenvalue weighted by atomic mass is 10.2. The fourth-order valence-electron chi connectivity index (χ4n) is 1.53. The van der Waals surface area contributed by atoms with Crippen LogP contribution in [-0.2, 0) is 0 Å². The Morgan fingerprint density at radius 3 is 2.75 bits per heavy atom. The molecular weight excluding hydrogens is 282 g/mol. The number of aromatic nitrogens is 1. The van der Waals surface area contributed by atoms with Gasteiger partial charge in [0.1, 0.15) is 11.6 Å². The zero-order chi connectivity index (χ0) is 14.7. The maximum absolute atomic E-state index is 10.7. The quantitative estimate of drug-likeness (QED) is 0.662. The molecule has 2 aromatic rings. The van der Waals surface area contributed by atoms with Gasteiger partial charge in [0.25, 0.3) is 5.69 Å². The van der Waals surface area contributed by atoms with Gasteiger partial charge in [0, 0.05) is 0 Å². The Kier molecular flexibility index (Phi) is 3.68. The Balaban J connectivity index is 2.35. The van der Waals surface area contributed by atoms with Gasteiger partial charge in [-0.05, 0) is 18.2 Å². The van der Waals surface area contributed by atoms with Gasteiger partial charge >= 0.3 is 0 Å². The van der Waals surface area contributed by atoms with E-state index in [-0.39, 0.29) is 17.3 Å². The molecule has 20 heavy (non-hydrogen) atoms. The monoisotopic (exact) mass is 289 g/mol. The van der Waals surface area contributed by atoms with Crippen molar-refractivity contribution in [1.29, 1.82) is 5.26 Å². The highest BCUT2D eigenvalue weighted by atomic mass is 35.5. The van der Waals surface area contributed by atoms with Gasteiger partial charge in [0.05, 0.1) is 39.4 Å². The Morgan fingerprint density at radius 1 is 1.40 bits per heavy atom. The third kappa shape index (κ3) is 2.93. The van der Waals surface area contributed by atoms with E-state index in [0.29, 0.717) is 16.3 Å². The molecule has 0 bridgehead atoms. The second-order valence-corrected chi connectivity index (χ2v) is 4.23. The molecule has 8 heteroatoms. The largest absolute Gasteiger partial charge is 0.383 e. The summed E-state index contributed by atoms with van der Waals surface area (Å²) in [4.78, 5) is 14.1. The highest BCUT2D eigenvalue weighted by Crippen LogP contribution is 2.27. The number of hydrogen-bond acceptors (Lipinski definition) is 6. The van der Waals surface area contributed by atoms with Gasteiger partial charge in [-0.3, -0.25) is 10.1 Å². The van der Waals surface area contributed by atoms with E-state index in [4.69, 9.17) is 22.6 Å². The van der Waals surface area contributed by atoms with Crippen molar-refractivity contribution in [1.82, 2.24) is 4.98 Å². The first-order chi connectivity index (χ1) is 9.49. The lowest BCUT2D eigenvalue weighted by molar-refractivity contribution is -0.384. The highest BCUT2D eigenvalue weighted by Gasteiger charge is 2.11. The van der Waals surface area contributed by atoms with Crippen molar-refractivity contribution >= 4 is 34.6 Å². The fraction of sp³-hybridized carbons (Fsp3) is 0. The predicted molar refractivity (Wildman–Crippen MR) is 74.8 cm³/mol. The van der Waals surface area contributed by atoms with E-state index >= 15 is 0 Å². The molecule has 0 unspecified atom stereocenters. The van der Waals surface area contributed by atoms with Crippen molar-refractivity contribution in [3.8, 4) is 6.07 Å². The zero-order valence-electron chi connectivity index (χ0n) is 10.0. The van der Waals surface area contributed by atoms with Crippen LogP contribution in [0.3, 0.4) is 0 Å². The van der Waals surface area contributed by atoms with Crippen LogP contribution < -0.4 is 11.1 Å². The molecule has 0 radical (unpaired) electrons. The van der Waals surface area contributed by atoms with Crippen LogP contribution in [0.2, 0.25) is 5.02 Å². The SMILES string of the molecule is N#Cc1ccc(Nc2cc([N+](=O)[O-])cc(N)n2)c(Cl)c1. The molecule has 0 aliphatic carbocycles. The van der Waals surface area contributed by atoms with Crippen LogP contribution in [0.4, 0.5) is 23.0 Å². The third-order valence-electron chi connectivity index (χ3n) is 2.40. The van der Waals surface area contributed by atoms with Crippen LogP contribution in [0.1, 0.15) is 5.56 Å². The van der Waals surface area contributed by atoms with Crippen molar-refractivity contribution in [3.05, 3.63) is 51.0 Å². The van der Waals surface area contributed by atoms with E-state index < -0.39 is 4.92 Å². The molecule has 0 atom stereocenters. The van der Waals surface area contributed by atoms with Crippen LogP contribution in [-0.4, -0.2) is 9.91 Å². The molecule has 0 aliphatic heterocycles. The van der Waals surface area contributed by atoms with E-state index in [2.05, 4.69) is 10.3 Å². The number of benzene rings is 1. The number of nitrogens with one attached hydrogen (secondary N) is 1. The summed E-state index contributed by atoms with van der Waals surface area (Å²) in [5.41, 5.74) is 6.21. The van der Waals surface area contributed by atoms with E-state index in [0.717, 1.165) is 6.07 Å². The highest BCUT2D eigenvalue weighted by molar-refractivity contribution is 6.33. The zero-order valence-corrected chi connectivity index (χ0v) is 10.8. The number of nitrogens with zero attached hydrogens (tertiary/aromatic N) is 3. The molecule has 1 aromatic carbocycles. The van der Waals surface area contributed by atoms with E-state index in [1.54, 1.807) is 12.1 Å². The molecule has 1 aromatic heterocycles. The van der Waals surface area contributed by atoms with Crippen LogP contribution in [0, 0.1) is 21.4 Å². The molecule has 100 valence electrons. The third-order valence-corrected chi connectivity index (χ3v) is 2.71. The summed E-state index contributed by atoms with van der Waals surface area (Å²) in [7, 11) is 0. The summed E-state index contributed by atoms with van der Waals surface area (Å²) >= 11 is 5.99. The van der Waals surface area contributed by atoms with Crippen LogP contribution >= 0.6 is 11.6 Å². The summed E-state index contributed by atoms with van der Waals surface area (Å²) in [6, 6.07) is 8.98.